The summed E-state index contributed by atoms with van der Waals surface area (Å²) < 4.78 is 4.60. The van der Waals surface area contributed by atoms with Crippen LogP contribution >= 0.6 is 0 Å². The van der Waals surface area contributed by atoms with Gasteiger partial charge in [-0.1, -0.05) is 436 Å². The van der Waals surface area contributed by atoms with Gasteiger partial charge in [-0.2, -0.15) is 15.0 Å². The third-order valence-corrected chi connectivity index (χ3v) is 34.2. The monoisotopic (exact) mass is 1570 g/mol. The Labute approximate surface area is 704 Å². The van der Waals surface area contributed by atoms with Crippen LogP contribution in [0.5, 0.6) is 0 Å². The van der Waals surface area contributed by atoms with Gasteiger partial charge in [0.1, 0.15) is 0 Å². The van der Waals surface area contributed by atoms with E-state index in [1.807, 2.05) is 0 Å². The molecule has 0 aliphatic rings. The van der Waals surface area contributed by atoms with Gasteiger partial charge < -0.3 is 0 Å². The van der Waals surface area contributed by atoms with E-state index >= 15 is 0 Å². The van der Waals surface area contributed by atoms with Crippen molar-refractivity contribution in [3.05, 3.63) is 442 Å². The molecule has 3 heterocycles. The molecule has 0 radical (unpaired) electrons. The van der Waals surface area contributed by atoms with Crippen molar-refractivity contribution in [1.82, 2.24) is 24.1 Å². The summed E-state index contributed by atoms with van der Waals surface area (Å²) in [6.45, 7) is 13.8. The van der Waals surface area contributed by atoms with Crippen LogP contribution in [0.15, 0.2) is 431 Å². The Morgan fingerprint density at radius 2 is 0.408 bits per heavy atom. The van der Waals surface area contributed by atoms with E-state index in [2.05, 4.69) is 481 Å². The van der Waals surface area contributed by atoms with E-state index in [-0.39, 0.29) is 10.8 Å². The van der Waals surface area contributed by atoms with Crippen molar-refractivity contribution in [3.63, 3.8) is 0 Å². The van der Waals surface area contributed by atoms with Crippen LogP contribution in [0.4, 0.5) is 0 Å². The summed E-state index contributed by atoms with van der Waals surface area (Å²) in [6.07, 6.45) is 0. The molecule has 0 saturated heterocycles. The average molecular weight is 1570 g/mol. The van der Waals surface area contributed by atoms with Gasteiger partial charge in [0, 0.05) is 27.1 Å². The van der Waals surface area contributed by atoms with Crippen molar-refractivity contribution in [2.24, 2.45) is 0 Å². The van der Waals surface area contributed by atoms with Crippen LogP contribution in [-0.4, -0.2) is 40.2 Å². The van der Waals surface area contributed by atoms with Crippen molar-refractivity contribution in [2.45, 2.75) is 52.4 Å². The van der Waals surface area contributed by atoms with Gasteiger partial charge in [-0.05, 0) is 167 Å². The van der Waals surface area contributed by atoms with Gasteiger partial charge in [0.15, 0.2) is 22.0 Å². The first-order chi connectivity index (χ1) is 58.7. The highest BCUT2D eigenvalue weighted by atomic mass is 28.3. The highest BCUT2D eigenvalue weighted by Gasteiger charge is 2.47. The number of para-hydroxylation sites is 2. The molecule has 0 amide bonds. The molecule has 0 unspecified atom stereocenters. The second kappa shape index (κ2) is 30.7. The van der Waals surface area contributed by atoms with E-state index in [0.717, 1.165) is 116 Å². The minimum absolute atomic E-state index is 0.135. The third-order valence-electron chi connectivity index (χ3n) is 24.7. The highest BCUT2D eigenvalue weighted by molar-refractivity contribution is 7.22. The van der Waals surface area contributed by atoms with Crippen LogP contribution in [0.3, 0.4) is 0 Å². The van der Waals surface area contributed by atoms with Crippen molar-refractivity contribution in [2.75, 3.05) is 0 Å². The van der Waals surface area contributed by atoms with Crippen LogP contribution in [0, 0.1) is 0 Å². The van der Waals surface area contributed by atoms with Gasteiger partial charge in [-0.15, -0.1) is 0 Å². The first-order valence-electron chi connectivity index (χ1n) is 41.7. The number of benzene rings is 17. The number of rotatable bonds is 17. The third kappa shape index (κ3) is 13.4. The van der Waals surface area contributed by atoms with Crippen molar-refractivity contribution in [3.8, 4) is 90.0 Å². The molecule has 0 saturated carbocycles. The number of fused-ring (bicyclic) bond motifs is 6. The van der Waals surface area contributed by atoms with E-state index < -0.39 is 16.1 Å². The standard InChI is InChI=1S/C113H89N5Si2/c1-112(2,3)91-57-71-107-103(75-91)104-76-92(113(4,5)6)58-72-108(104)118(107)111-115-109(114-110(116-111)117-105-43-27-25-41-101(105)102-42-26-28-44-106(102)117)90-73-99(119(93-59-45-84(46-60-93)78-29-13-7-14-30-78,94-61-47-85(48-62-94)79-31-15-8-16-32-79)95-63-49-86(50-64-95)80-33-17-9-18-34-80)77-100(74-90)120(96-65-51-87(52-66-96)81-35-19-10-20-36-81,97-67-53-88(54-68-97)82-37-21-11-22-38-82)98-69-55-89(56-70-98)83-39-23-12-24-40-83/h7-77H,1-6H3. The van der Waals surface area contributed by atoms with E-state index in [0.29, 0.717) is 17.7 Å². The second-order valence-electron chi connectivity index (χ2n) is 33.9. The predicted octanol–water partition coefficient (Wildman–Crippen LogP) is 23.1. The summed E-state index contributed by atoms with van der Waals surface area (Å²) in [7, 11) is -7.58. The predicted molar refractivity (Wildman–Crippen MR) is 511 cm³/mol. The maximum absolute atomic E-state index is 6.17. The summed E-state index contributed by atoms with van der Waals surface area (Å²) in [4.78, 5) is 18.2. The molecule has 0 spiro atoms. The number of hydrogen-bond acceptors (Lipinski definition) is 3. The average Bonchev–Trinajstić information content (AvgIpc) is 0.761. The molecule has 7 heteroatoms. The molecule has 120 heavy (non-hydrogen) atoms. The quantitative estimate of drug-likeness (QED) is 0.0674. The molecular formula is C113H89N5Si2. The maximum Gasteiger partial charge on any atom is 0.240 e. The minimum Gasteiger partial charge on any atom is -0.278 e. The molecule has 0 aliphatic heterocycles. The van der Waals surface area contributed by atoms with Gasteiger partial charge in [0.25, 0.3) is 0 Å². The molecule has 0 atom stereocenters. The molecule has 20 rings (SSSR count). The zero-order chi connectivity index (χ0) is 81.1. The second-order valence-corrected chi connectivity index (χ2v) is 41.5. The topological polar surface area (TPSA) is 48.5 Å². The van der Waals surface area contributed by atoms with Crippen molar-refractivity contribution in [1.29, 1.82) is 0 Å². The Hall–Kier alpha value is -14.2. The highest BCUT2D eigenvalue weighted by Crippen LogP contribution is 2.40. The zero-order valence-electron chi connectivity index (χ0n) is 68.2. The van der Waals surface area contributed by atoms with Crippen LogP contribution in [-0.2, 0) is 10.8 Å². The summed E-state index contributed by atoms with van der Waals surface area (Å²) in [5.74, 6) is 1.56. The molecule has 0 aliphatic carbocycles. The normalized spacial score (nSPS) is 12.1. The van der Waals surface area contributed by atoms with Gasteiger partial charge in [0.05, 0.1) is 22.1 Å². The largest absolute Gasteiger partial charge is 0.278 e. The lowest BCUT2D eigenvalue weighted by Crippen LogP contribution is -2.78. The Morgan fingerprint density at radius 3 is 0.658 bits per heavy atom. The Bertz CT molecular complexity index is 6320. The van der Waals surface area contributed by atoms with Gasteiger partial charge >= 0.3 is 0 Å². The first kappa shape index (κ1) is 74.6. The van der Waals surface area contributed by atoms with Crippen LogP contribution in [0.2, 0.25) is 0 Å². The van der Waals surface area contributed by atoms with Crippen molar-refractivity contribution >= 4 is 101 Å². The first-order valence-corrected chi connectivity index (χ1v) is 45.7. The summed E-state index contributed by atoms with van der Waals surface area (Å²) in [5, 5.41) is 14.2. The van der Waals surface area contributed by atoms with Crippen LogP contribution in [0.1, 0.15) is 52.7 Å². The molecule has 20 aromatic rings. The maximum atomic E-state index is 6.17. The fraction of sp³-hybridized carbons (Fsp3) is 0.0708. The minimum atomic E-state index is -3.79. The molecule has 17 aromatic carbocycles. The van der Waals surface area contributed by atoms with Crippen LogP contribution in [0.25, 0.3) is 134 Å². The van der Waals surface area contributed by atoms with E-state index in [9.17, 15) is 0 Å². The molecule has 0 fully saturated rings. The SMILES string of the molecule is CC(C)(C)c1ccc2c(c1)c1cc(C(C)(C)C)ccc1n2-c1nc(-c2cc([Si](c3ccc(-c4ccccc4)cc3)(c3ccc(-c4ccccc4)cc3)c3ccc(-c4ccccc4)cc3)cc([Si](c3ccc(-c4ccccc4)cc3)(c3ccc(-c4ccccc4)cc3)c3ccc(-c4ccccc4)cc3)c2)nc(-n2c3ccccc3c3ccccc32)n1. The lowest BCUT2D eigenvalue weighted by molar-refractivity contribution is 0.590. The van der Waals surface area contributed by atoms with Crippen LogP contribution < -0.4 is 41.5 Å². The fourth-order valence-electron chi connectivity index (χ4n) is 18.4. The van der Waals surface area contributed by atoms with Crippen molar-refractivity contribution < 1.29 is 0 Å². The molecule has 5 nitrogen and oxygen atoms in total. The smallest absolute Gasteiger partial charge is 0.240 e. The molecular weight excluding hydrogens is 1480 g/mol. The lowest BCUT2D eigenvalue weighted by Gasteiger charge is -2.39. The summed E-state index contributed by atoms with van der Waals surface area (Å²) >= 11 is 0. The lowest BCUT2D eigenvalue weighted by atomic mass is 9.85. The molecule has 0 N–H and O–H groups in total. The fourth-order valence-corrected chi connectivity index (χ4v) is 28.1. The van der Waals surface area contributed by atoms with E-state index in [4.69, 9.17) is 15.0 Å². The summed E-state index contributed by atoms with van der Waals surface area (Å²) in [5.41, 5.74) is 20.9. The Balaban J connectivity index is 0.971. The molecule has 0 bridgehead atoms. The Kier molecular flexibility index (Phi) is 19.1. The van der Waals surface area contributed by atoms with Gasteiger partial charge in [-0.3, -0.25) is 9.13 Å². The zero-order valence-corrected chi connectivity index (χ0v) is 70.2. The number of hydrogen-bond donors (Lipinski definition) is 0. The Morgan fingerprint density at radius 1 is 0.183 bits per heavy atom. The van der Waals surface area contributed by atoms with E-state index in [1.165, 1.54) is 52.6 Å². The molecule has 574 valence electrons. The molecule has 3 aromatic heterocycles. The van der Waals surface area contributed by atoms with Gasteiger partial charge in [-0.25, -0.2) is 0 Å². The van der Waals surface area contributed by atoms with E-state index in [1.54, 1.807) is 0 Å². The number of nitrogens with zero attached hydrogens (tertiary/aromatic N) is 5. The summed E-state index contributed by atoms with van der Waals surface area (Å²) in [6, 6.07) is 162. The number of aromatic nitrogens is 5. The van der Waals surface area contributed by atoms with Gasteiger partial charge in [0.2, 0.25) is 11.9 Å².